The third-order valence-electron chi connectivity index (χ3n) is 4.34. The van der Waals surface area contributed by atoms with Crippen molar-refractivity contribution in [3.8, 4) is 0 Å². The average molecular weight is 316 g/mol. The van der Waals surface area contributed by atoms with Gasteiger partial charge >= 0.3 is 0 Å². The minimum Gasteiger partial charge on any atom is -0.346 e. The molecule has 0 saturated carbocycles. The first-order valence-electron chi connectivity index (χ1n) is 7.35. The van der Waals surface area contributed by atoms with E-state index in [1.807, 2.05) is 26.8 Å². The maximum absolute atomic E-state index is 12.6. The molecule has 1 unspecified atom stereocenters. The van der Waals surface area contributed by atoms with Crippen LogP contribution in [0.3, 0.4) is 0 Å². The van der Waals surface area contributed by atoms with Crippen molar-refractivity contribution in [3.63, 3.8) is 0 Å². The van der Waals surface area contributed by atoms with Crippen LogP contribution < -0.4 is 11.1 Å². The second-order valence-electron chi connectivity index (χ2n) is 6.48. The van der Waals surface area contributed by atoms with Crippen LogP contribution in [-0.4, -0.2) is 22.6 Å². The molecule has 0 aliphatic carbocycles. The Morgan fingerprint density at radius 2 is 1.86 bits per heavy atom. The van der Waals surface area contributed by atoms with E-state index in [4.69, 9.17) is 5.73 Å². The zero-order chi connectivity index (χ0) is 15.7. The van der Waals surface area contributed by atoms with Crippen molar-refractivity contribution in [2.75, 3.05) is 6.54 Å². The monoisotopic (exact) mass is 315 g/mol. The summed E-state index contributed by atoms with van der Waals surface area (Å²) in [5.41, 5.74) is 8.33. The molecule has 21 heavy (non-hydrogen) atoms. The Hall–Kier alpha value is -1.000. The zero-order valence-corrected chi connectivity index (χ0v) is 15.1. The number of hydrogen-bond acceptors (Lipinski definition) is 2. The summed E-state index contributed by atoms with van der Waals surface area (Å²) in [5.74, 6) is 0.247. The normalized spacial score (nSPS) is 14.0. The largest absolute Gasteiger partial charge is 0.346 e. The van der Waals surface area contributed by atoms with Gasteiger partial charge in [-0.05, 0) is 46.6 Å². The molecule has 0 aromatic carbocycles. The number of halogens is 1. The van der Waals surface area contributed by atoms with Crippen LogP contribution in [0.25, 0.3) is 0 Å². The van der Waals surface area contributed by atoms with Crippen molar-refractivity contribution in [1.82, 2.24) is 9.88 Å². The van der Waals surface area contributed by atoms with Gasteiger partial charge in [0.15, 0.2) is 0 Å². The summed E-state index contributed by atoms with van der Waals surface area (Å²) in [6.45, 7) is 14.9. The summed E-state index contributed by atoms with van der Waals surface area (Å²) in [5, 5.41) is 3.10. The van der Waals surface area contributed by atoms with Gasteiger partial charge in [0.1, 0.15) is 0 Å². The number of nitrogens with two attached hydrogens (primary N) is 1. The molecule has 1 aromatic rings. The highest BCUT2D eigenvalue weighted by Gasteiger charge is 2.30. The van der Waals surface area contributed by atoms with Gasteiger partial charge in [-0.25, -0.2) is 0 Å². The SMILES string of the molecule is Cc1cc(C(=O)NC(C)(CN)C(C)C)c(C)n1C(C)C.Cl. The number of rotatable bonds is 5. The third-order valence-corrected chi connectivity index (χ3v) is 4.34. The van der Waals surface area contributed by atoms with Gasteiger partial charge in [0.2, 0.25) is 0 Å². The molecule has 0 saturated heterocycles. The molecule has 0 aliphatic rings. The highest BCUT2D eigenvalue weighted by atomic mass is 35.5. The number of hydrogen-bond donors (Lipinski definition) is 2. The first-order valence-corrected chi connectivity index (χ1v) is 7.35. The van der Waals surface area contributed by atoms with Crippen molar-refractivity contribution >= 4 is 18.3 Å². The minimum absolute atomic E-state index is 0. The molecule has 1 atom stereocenters. The molecule has 4 nitrogen and oxygen atoms in total. The van der Waals surface area contributed by atoms with Crippen LogP contribution in [0.15, 0.2) is 6.07 Å². The molecule has 1 aromatic heterocycles. The van der Waals surface area contributed by atoms with Crippen LogP contribution in [0, 0.1) is 19.8 Å². The highest BCUT2D eigenvalue weighted by molar-refractivity contribution is 5.96. The van der Waals surface area contributed by atoms with Crippen LogP contribution in [0.2, 0.25) is 0 Å². The Labute approximate surface area is 134 Å². The molecule has 0 aliphatic heterocycles. The van der Waals surface area contributed by atoms with E-state index in [9.17, 15) is 4.79 Å². The number of aromatic nitrogens is 1. The van der Waals surface area contributed by atoms with Gasteiger partial charge in [-0.15, -0.1) is 12.4 Å². The van der Waals surface area contributed by atoms with Crippen molar-refractivity contribution in [1.29, 1.82) is 0 Å². The number of nitrogens with one attached hydrogen (secondary N) is 1. The lowest BCUT2D eigenvalue weighted by Crippen LogP contribution is -2.55. The van der Waals surface area contributed by atoms with Crippen molar-refractivity contribution in [2.45, 2.75) is 60.0 Å². The maximum Gasteiger partial charge on any atom is 0.253 e. The lowest BCUT2D eigenvalue weighted by Gasteiger charge is -2.33. The first-order chi connectivity index (χ1) is 9.14. The highest BCUT2D eigenvalue weighted by Crippen LogP contribution is 2.22. The number of aryl methyl sites for hydroxylation is 1. The van der Waals surface area contributed by atoms with E-state index in [-0.39, 0.29) is 29.8 Å². The van der Waals surface area contributed by atoms with E-state index in [1.165, 1.54) is 0 Å². The second kappa shape index (κ2) is 7.32. The Balaban J connectivity index is 0.00000400. The van der Waals surface area contributed by atoms with E-state index in [1.54, 1.807) is 0 Å². The van der Waals surface area contributed by atoms with Gasteiger partial charge < -0.3 is 15.6 Å². The van der Waals surface area contributed by atoms with Gasteiger partial charge in [-0.3, -0.25) is 4.79 Å². The second-order valence-corrected chi connectivity index (χ2v) is 6.48. The molecule has 122 valence electrons. The molecule has 0 bridgehead atoms. The summed E-state index contributed by atoms with van der Waals surface area (Å²) in [4.78, 5) is 12.6. The fraction of sp³-hybridized carbons (Fsp3) is 0.688. The number of nitrogens with zero attached hydrogens (tertiary/aromatic N) is 1. The van der Waals surface area contributed by atoms with Crippen molar-refractivity contribution in [2.24, 2.45) is 11.7 Å². The van der Waals surface area contributed by atoms with E-state index < -0.39 is 0 Å². The van der Waals surface area contributed by atoms with Gasteiger partial charge in [0.25, 0.3) is 5.91 Å². The lowest BCUT2D eigenvalue weighted by molar-refractivity contribution is 0.0882. The van der Waals surface area contributed by atoms with E-state index in [2.05, 4.69) is 37.6 Å². The Bertz CT molecular complexity index is 494. The summed E-state index contributed by atoms with van der Waals surface area (Å²) in [6.07, 6.45) is 0. The molecule has 0 spiro atoms. The minimum atomic E-state index is -0.378. The lowest BCUT2D eigenvalue weighted by atomic mass is 9.88. The average Bonchev–Trinajstić information content (AvgIpc) is 2.64. The topological polar surface area (TPSA) is 60.1 Å². The zero-order valence-electron chi connectivity index (χ0n) is 14.3. The van der Waals surface area contributed by atoms with Gasteiger partial charge in [0.05, 0.1) is 11.1 Å². The van der Waals surface area contributed by atoms with Gasteiger partial charge in [-0.2, -0.15) is 0 Å². The first kappa shape index (κ1) is 20.0. The number of amides is 1. The van der Waals surface area contributed by atoms with E-state index >= 15 is 0 Å². The van der Waals surface area contributed by atoms with Gasteiger partial charge in [-0.1, -0.05) is 13.8 Å². The Kier molecular flexibility index (Phi) is 6.97. The summed E-state index contributed by atoms with van der Waals surface area (Å²) in [6, 6.07) is 2.31. The van der Waals surface area contributed by atoms with Crippen LogP contribution in [-0.2, 0) is 0 Å². The third kappa shape index (κ3) is 4.01. The van der Waals surface area contributed by atoms with Crippen molar-refractivity contribution in [3.05, 3.63) is 23.0 Å². The Morgan fingerprint density at radius 3 is 2.19 bits per heavy atom. The van der Waals surface area contributed by atoms with E-state index in [0.29, 0.717) is 12.6 Å². The molecule has 0 radical (unpaired) electrons. The predicted octanol–water partition coefficient (Wildman–Crippen LogP) is 3.21. The maximum atomic E-state index is 12.6. The Morgan fingerprint density at radius 1 is 1.33 bits per heavy atom. The summed E-state index contributed by atoms with van der Waals surface area (Å²) in [7, 11) is 0. The standard InChI is InChI=1S/C16H29N3O.ClH/c1-10(2)16(7,9-17)18-15(20)14-8-12(5)19(11(3)4)13(14)6;/h8,10-11H,9,17H2,1-7H3,(H,18,20);1H. The fourth-order valence-corrected chi connectivity index (χ4v) is 2.56. The predicted molar refractivity (Wildman–Crippen MR) is 91.3 cm³/mol. The number of carbonyl (C=O) groups excluding carboxylic acids is 1. The van der Waals surface area contributed by atoms with Crippen LogP contribution in [0.1, 0.15) is 62.4 Å². The van der Waals surface area contributed by atoms with E-state index in [0.717, 1.165) is 17.0 Å². The molecule has 5 heteroatoms. The molecule has 1 heterocycles. The van der Waals surface area contributed by atoms with Crippen LogP contribution >= 0.6 is 12.4 Å². The van der Waals surface area contributed by atoms with Crippen molar-refractivity contribution < 1.29 is 4.79 Å². The molecule has 1 rings (SSSR count). The quantitative estimate of drug-likeness (QED) is 0.876. The summed E-state index contributed by atoms with van der Waals surface area (Å²) >= 11 is 0. The molecule has 1 amide bonds. The van der Waals surface area contributed by atoms with Gasteiger partial charge in [0, 0.05) is 24.0 Å². The van der Waals surface area contributed by atoms with Crippen LogP contribution in [0.5, 0.6) is 0 Å². The molecular formula is C16H30ClN3O. The molecule has 0 fully saturated rings. The summed E-state index contributed by atoms with van der Waals surface area (Å²) < 4.78 is 2.18. The smallest absolute Gasteiger partial charge is 0.253 e. The van der Waals surface area contributed by atoms with Crippen LogP contribution in [0.4, 0.5) is 0 Å². The number of carbonyl (C=O) groups is 1. The fourth-order valence-electron chi connectivity index (χ4n) is 2.56. The molecule has 3 N–H and O–H groups in total. The molecular weight excluding hydrogens is 286 g/mol.